The van der Waals surface area contributed by atoms with Gasteiger partial charge in [0.15, 0.2) is 17.3 Å². The molecule has 1 heterocycles. The van der Waals surface area contributed by atoms with Crippen LogP contribution in [0.5, 0.6) is 28.7 Å². The van der Waals surface area contributed by atoms with Gasteiger partial charge in [0.25, 0.3) is 0 Å². The summed E-state index contributed by atoms with van der Waals surface area (Å²) < 4.78 is 10.8. The highest BCUT2D eigenvalue weighted by molar-refractivity contribution is 6.15. The number of hydrogen-bond acceptors (Lipinski definition) is 7. The number of hydrogen-bond donors (Lipinski definition) is 4. The molecule has 0 aromatic heterocycles. The number of unbranched alkanes of at least 4 members (excludes halogenated alkanes) is 1. The topological polar surface area (TPSA) is 116 Å². The minimum Gasteiger partial charge on any atom is -0.507 e. The first kappa shape index (κ1) is 17.6. The number of Topliss-reactive ketones (excluding diaryl/α,β-unsaturated/α-hetero) is 1. The third kappa shape index (κ3) is 3.43. The normalized spacial score (nSPS) is 14.3. The fraction of sp³-hybridized carbons (Fsp3) is 0.211. The standard InChI is InChI=1S/C19H18O7/c20-7-1-2-8-25-12-4-3-11(15(22)10-12)9-16-17(23)13-5-6-14(21)18(24)19(13)26-16/h3-6,9-10,20-22,24H,1-2,7-8H2/b16-9-. The lowest BCUT2D eigenvalue weighted by atomic mass is 10.1. The number of ketones is 1. The number of benzene rings is 2. The van der Waals surface area contributed by atoms with E-state index in [9.17, 15) is 20.1 Å². The van der Waals surface area contributed by atoms with Crippen LogP contribution < -0.4 is 9.47 Å². The Morgan fingerprint density at radius 1 is 1.04 bits per heavy atom. The molecule has 1 aliphatic heterocycles. The second kappa shape index (κ2) is 7.37. The van der Waals surface area contributed by atoms with E-state index in [1.807, 2.05) is 0 Å². The zero-order valence-corrected chi connectivity index (χ0v) is 13.8. The number of allylic oxidation sites excluding steroid dienone is 1. The van der Waals surface area contributed by atoms with Gasteiger partial charge in [0.05, 0.1) is 12.2 Å². The zero-order valence-electron chi connectivity index (χ0n) is 13.8. The molecule has 0 unspecified atom stereocenters. The lowest BCUT2D eigenvalue weighted by molar-refractivity contribution is 0.101. The maximum Gasteiger partial charge on any atom is 0.232 e. The summed E-state index contributed by atoms with van der Waals surface area (Å²) in [5.41, 5.74) is 0.474. The van der Waals surface area contributed by atoms with E-state index in [4.69, 9.17) is 14.6 Å². The molecule has 7 heteroatoms. The van der Waals surface area contributed by atoms with Crippen molar-refractivity contribution in [1.82, 2.24) is 0 Å². The van der Waals surface area contributed by atoms with Crippen LogP contribution in [0.4, 0.5) is 0 Å². The number of aromatic hydroxyl groups is 3. The van der Waals surface area contributed by atoms with E-state index in [1.165, 1.54) is 24.3 Å². The number of carbonyl (C=O) groups excluding carboxylic acids is 1. The highest BCUT2D eigenvalue weighted by Gasteiger charge is 2.31. The van der Waals surface area contributed by atoms with Crippen LogP contribution in [0.2, 0.25) is 0 Å². The van der Waals surface area contributed by atoms with Gasteiger partial charge >= 0.3 is 0 Å². The monoisotopic (exact) mass is 358 g/mol. The molecule has 0 saturated carbocycles. The van der Waals surface area contributed by atoms with Gasteiger partial charge in [0.2, 0.25) is 11.5 Å². The molecule has 26 heavy (non-hydrogen) atoms. The predicted octanol–water partition coefficient (Wildman–Crippen LogP) is 2.57. The predicted molar refractivity (Wildman–Crippen MR) is 92.6 cm³/mol. The van der Waals surface area contributed by atoms with Crippen LogP contribution in [-0.2, 0) is 0 Å². The second-order valence-electron chi connectivity index (χ2n) is 5.75. The van der Waals surface area contributed by atoms with Crippen LogP contribution in [0.25, 0.3) is 6.08 Å². The van der Waals surface area contributed by atoms with Gasteiger partial charge in [0, 0.05) is 18.2 Å². The molecule has 0 aliphatic carbocycles. The highest BCUT2D eigenvalue weighted by Crippen LogP contribution is 2.44. The van der Waals surface area contributed by atoms with Crippen LogP contribution in [-0.4, -0.2) is 39.4 Å². The minimum absolute atomic E-state index is 0.0761. The molecule has 2 aromatic rings. The summed E-state index contributed by atoms with van der Waals surface area (Å²) in [6, 6.07) is 7.19. The fourth-order valence-electron chi connectivity index (χ4n) is 2.51. The Hall–Kier alpha value is -3.19. The first-order valence-electron chi connectivity index (χ1n) is 8.07. The average molecular weight is 358 g/mol. The zero-order chi connectivity index (χ0) is 18.7. The number of carbonyl (C=O) groups is 1. The average Bonchev–Trinajstić information content (AvgIpc) is 2.94. The molecule has 7 nitrogen and oxygen atoms in total. The number of phenolic OH excluding ortho intramolecular Hbond substituents is 3. The molecule has 136 valence electrons. The van der Waals surface area contributed by atoms with E-state index in [0.29, 0.717) is 30.8 Å². The van der Waals surface area contributed by atoms with Crippen molar-refractivity contribution in [3.05, 3.63) is 47.2 Å². The van der Waals surface area contributed by atoms with E-state index >= 15 is 0 Å². The van der Waals surface area contributed by atoms with E-state index in [2.05, 4.69) is 0 Å². The number of rotatable bonds is 6. The van der Waals surface area contributed by atoms with Crippen molar-refractivity contribution < 1.29 is 34.7 Å². The van der Waals surface area contributed by atoms with Crippen molar-refractivity contribution in [2.75, 3.05) is 13.2 Å². The lowest BCUT2D eigenvalue weighted by Gasteiger charge is -2.08. The van der Waals surface area contributed by atoms with Gasteiger partial charge in [-0.05, 0) is 43.2 Å². The Kier molecular flexibility index (Phi) is 4.99. The Balaban J connectivity index is 1.78. The van der Waals surface area contributed by atoms with Crippen LogP contribution in [0.1, 0.15) is 28.8 Å². The van der Waals surface area contributed by atoms with Crippen LogP contribution in [0.3, 0.4) is 0 Å². The first-order chi connectivity index (χ1) is 12.5. The van der Waals surface area contributed by atoms with Crippen molar-refractivity contribution in [2.45, 2.75) is 12.8 Å². The third-order valence-electron chi connectivity index (χ3n) is 3.90. The third-order valence-corrected chi connectivity index (χ3v) is 3.90. The number of aliphatic hydroxyl groups excluding tert-OH is 1. The van der Waals surface area contributed by atoms with E-state index < -0.39 is 11.5 Å². The van der Waals surface area contributed by atoms with Gasteiger partial charge in [-0.2, -0.15) is 0 Å². The van der Waals surface area contributed by atoms with Crippen molar-refractivity contribution in [2.24, 2.45) is 0 Å². The van der Waals surface area contributed by atoms with Gasteiger partial charge in [-0.25, -0.2) is 0 Å². The summed E-state index contributed by atoms with van der Waals surface area (Å²) in [7, 11) is 0. The van der Waals surface area contributed by atoms with Gasteiger partial charge in [-0.15, -0.1) is 0 Å². The van der Waals surface area contributed by atoms with Gasteiger partial charge in [-0.1, -0.05) is 0 Å². The maximum absolute atomic E-state index is 12.3. The first-order valence-corrected chi connectivity index (χ1v) is 8.07. The van der Waals surface area contributed by atoms with Crippen molar-refractivity contribution >= 4 is 11.9 Å². The quantitative estimate of drug-likeness (QED) is 0.356. The Bertz CT molecular complexity index is 870. The Morgan fingerprint density at radius 2 is 1.85 bits per heavy atom. The van der Waals surface area contributed by atoms with E-state index in [1.54, 1.807) is 12.1 Å². The van der Waals surface area contributed by atoms with Crippen molar-refractivity contribution in [1.29, 1.82) is 0 Å². The Labute approximate surface area is 149 Å². The molecule has 3 rings (SSSR count). The van der Waals surface area contributed by atoms with Crippen molar-refractivity contribution in [3.63, 3.8) is 0 Å². The van der Waals surface area contributed by atoms with E-state index in [-0.39, 0.29) is 35.2 Å². The van der Waals surface area contributed by atoms with Crippen LogP contribution in [0, 0.1) is 0 Å². The number of fused-ring (bicyclic) bond motifs is 1. The molecule has 0 bridgehead atoms. The molecular formula is C19H18O7. The molecule has 0 radical (unpaired) electrons. The number of phenols is 3. The smallest absolute Gasteiger partial charge is 0.232 e. The minimum atomic E-state index is -0.505. The molecule has 1 aliphatic rings. The molecule has 0 amide bonds. The summed E-state index contributed by atoms with van der Waals surface area (Å²) in [6.45, 7) is 0.519. The SMILES string of the molecule is O=C1/C(=C/c2ccc(OCCCCO)cc2O)Oc2c1ccc(O)c2O. The highest BCUT2D eigenvalue weighted by atomic mass is 16.5. The maximum atomic E-state index is 12.3. The molecule has 0 saturated heterocycles. The summed E-state index contributed by atoms with van der Waals surface area (Å²) >= 11 is 0. The molecule has 4 N–H and O–H groups in total. The fourth-order valence-corrected chi connectivity index (χ4v) is 2.51. The summed E-state index contributed by atoms with van der Waals surface area (Å²) in [5, 5.41) is 38.2. The Morgan fingerprint density at radius 3 is 2.58 bits per heavy atom. The molecule has 0 fully saturated rings. The molecular weight excluding hydrogens is 340 g/mol. The molecule has 0 atom stereocenters. The lowest BCUT2D eigenvalue weighted by Crippen LogP contribution is -1.99. The summed E-state index contributed by atoms with van der Waals surface area (Å²) in [4.78, 5) is 12.3. The van der Waals surface area contributed by atoms with Crippen LogP contribution in [0.15, 0.2) is 36.1 Å². The van der Waals surface area contributed by atoms with Gasteiger partial charge in [-0.3, -0.25) is 4.79 Å². The van der Waals surface area contributed by atoms with Gasteiger partial charge in [0.1, 0.15) is 11.5 Å². The number of ether oxygens (including phenoxy) is 2. The largest absolute Gasteiger partial charge is 0.507 e. The number of aliphatic hydroxyl groups is 1. The summed E-state index contributed by atoms with van der Waals surface area (Å²) in [5.74, 6) is -1.17. The molecule has 0 spiro atoms. The van der Waals surface area contributed by atoms with Gasteiger partial charge < -0.3 is 29.9 Å². The second-order valence-corrected chi connectivity index (χ2v) is 5.75. The summed E-state index contributed by atoms with van der Waals surface area (Å²) in [6.07, 6.45) is 2.68. The molecule has 2 aromatic carbocycles. The van der Waals surface area contributed by atoms with Crippen LogP contribution >= 0.6 is 0 Å². The van der Waals surface area contributed by atoms with E-state index in [0.717, 1.165) is 0 Å². The van der Waals surface area contributed by atoms with Crippen molar-refractivity contribution in [3.8, 4) is 28.7 Å².